The number of piperidine rings is 1. The first-order chi connectivity index (χ1) is 14.5. The van der Waals surface area contributed by atoms with Gasteiger partial charge in [-0.15, -0.1) is 0 Å². The molecule has 1 unspecified atom stereocenters. The van der Waals surface area contributed by atoms with E-state index in [1.54, 1.807) is 7.05 Å². The maximum Gasteiger partial charge on any atom is 0.407 e. The minimum atomic E-state index is -0.918. The highest BCUT2D eigenvalue weighted by Crippen LogP contribution is 2.24. The first kappa shape index (κ1) is 22.6. The highest BCUT2D eigenvalue weighted by molar-refractivity contribution is 6.00. The predicted molar refractivity (Wildman–Crippen MR) is 116 cm³/mol. The number of fused-ring (bicyclic) bond motifs is 1. The number of nitrogens with one attached hydrogen (secondary N) is 1. The van der Waals surface area contributed by atoms with Crippen molar-refractivity contribution >= 4 is 28.9 Å². The van der Waals surface area contributed by atoms with Crippen LogP contribution < -0.4 is 11.0 Å². The highest BCUT2D eigenvalue weighted by Gasteiger charge is 2.31. The number of nitrogens with zero attached hydrogens (tertiary/aromatic N) is 3. The van der Waals surface area contributed by atoms with Crippen molar-refractivity contribution in [3.8, 4) is 0 Å². The predicted octanol–water partition coefficient (Wildman–Crippen LogP) is 2.42. The minimum absolute atomic E-state index is 0.208. The van der Waals surface area contributed by atoms with Crippen LogP contribution >= 0.6 is 0 Å². The van der Waals surface area contributed by atoms with Crippen LogP contribution in [0.3, 0.4) is 0 Å². The van der Waals surface area contributed by atoms with Gasteiger partial charge in [-0.3, -0.25) is 24.0 Å². The Morgan fingerprint density at radius 3 is 2.52 bits per heavy atom. The number of imide groups is 1. The van der Waals surface area contributed by atoms with Crippen molar-refractivity contribution < 1.29 is 19.5 Å². The average Bonchev–Trinajstić information content (AvgIpc) is 2.91. The Kier molecular flexibility index (Phi) is 6.24. The van der Waals surface area contributed by atoms with Gasteiger partial charge in [0, 0.05) is 25.6 Å². The van der Waals surface area contributed by atoms with Crippen LogP contribution in [0.15, 0.2) is 23.0 Å². The Bertz CT molecular complexity index is 1080. The summed E-state index contributed by atoms with van der Waals surface area (Å²) in [6.45, 7) is 6.10. The molecule has 1 aliphatic rings. The molecule has 1 aliphatic heterocycles. The van der Waals surface area contributed by atoms with E-state index in [2.05, 4.69) is 5.32 Å². The molecule has 1 atom stereocenters. The van der Waals surface area contributed by atoms with Gasteiger partial charge in [0.1, 0.15) is 6.04 Å². The molecule has 9 nitrogen and oxygen atoms in total. The van der Waals surface area contributed by atoms with E-state index in [1.165, 1.54) is 14.0 Å². The molecular weight excluding hydrogens is 400 g/mol. The summed E-state index contributed by atoms with van der Waals surface area (Å²) in [4.78, 5) is 49.4. The number of carbonyl (C=O) groups is 3. The summed E-state index contributed by atoms with van der Waals surface area (Å²) in [6, 6.07) is 5.02. The van der Waals surface area contributed by atoms with E-state index in [4.69, 9.17) is 0 Å². The monoisotopic (exact) mass is 430 g/mol. The normalized spacial score (nSPS) is 17.1. The van der Waals surface area contributed by atoms with Gasteiger partial charge in [0.05, 0.1) is 11.0 Å². The van der Waals surface area contributed by atoms with Crippen molar-refractivity contribution in [2.45, 2.75) is 64.5 Å². The zero-order chi connectivity index (χ0) is 22.9. The molecule has 2 N–H and O–H groups in total. The minimum Gasteiger partial charge on any atom is -0.465 e. The van der Waals surface area contributed by atoms with Crippen LogP contribution in [0.25, 0.3) is 11.0 Å². The smallest absolute Gasteiger partial charge is 0.407 e. The van der Waals surface area contributed by atoms with Crippen LogP contribution in [-0.4, -0.2) is 49.1 Å². The van der Waals surface area contributed by atoms with Gasteiger partial charge in [0.25, 0.3) is 0 Å². The number of carbonyl (C=O) groups excluding carboxylic acids is 2. The Morgan fingerprint density at radius 2 is 1.90 bits per heavy atom. The average molecular weight is 431 g/mol. The Hall–Kier alpha value is -3.10. The molecule has 0 bridgehead atoms. The standard InChI is InChI=1S/C22H30N4O5/c1-22(2,3)25(21(30)31)12-6-5-7-14-8-9-15-17(13-14)24(4)20(29)26(15)16-10-11-18(27)23-19(16)28/h8-9,13,16H,5-7,10-12H2,1-4H3,(H,30,31)(H,23,27,28). The number of imidazole rings is 1. The summed E-state index contributed by atoms with van der Waals surface area (Å²) < 4.78 is 2.99. The summed E-state index contributed by atoms with van der Waals surface area (Å²) in [7, 11) is 1.67. The van der Waals surface area contributed by atoms with E-state index in [-0.39, 0.29) is 18.0 Å². The van der Waals surface area contributed by atoms with Crippen LogP contribution in [0, 0.1) is 0 Å². The van der Waals surface area contributed by atoms with Gasteiger partial charge in [0.2, 0.25) is 11.8 Å². The van der Waals surface area contributed by atoms with Crippen LogP contribution in [0.1, 0.15) is 58.1 Å². The SMILES string of the molecule is Cn1c(=O)n(C2CCC(=O)NC2=O)c2ccc(CCCCN(C(=O)O)C(C)(C)C)cc21. The lowest BCUT2D eigenvalue weighted by Gasteiger charge is -2.33. The van der Waals surface area contributed by atoms with Crippen molar-refractivity contribution in [1.29, 1.82) is 0 Å². The number of aromatic nitrogens is 2. The lowest BCUT2D eigenvalue weighted by atomic mass is 10.0. The Labute approximate surface area is 180 Å². The number of unbranched alkanes of at least 4 members (excludes halogenated alkanes) is 1. The molecule has 2 aromatic rings. The third-order valence-electron chi connectivity index (χ3n) is 5.81. The van der Waals surface area contributed by atoms with E-state index in [1.807, 2.05) is 39.0 Å². The lowest BCUT2D eigenvalue weighted by molar-refractivity contribution is -0.135. The van der Waals surface area contributed by atoms with Gasteiger partial charge < -0.3 is 10.0 Å². The molecule has 1 aromatic carbocycles. The van der Waals surface area contributed by atoms with Crippen molar-refractivity contribution in [3.63, 3.8) is 0 Å². The summed E-state index contributed by atoms with van der Waals surface area (Å²) in [6.07, 6.45) is 1.90. The molecule has 3 rings (SSSR count). The second-order valence-corrected chi connectivity index (χ2v) is 9.06. The second-order valence-electron chi connectivity index (χ2n) is 9.06. The number of aryl methyl sites for hydroxylation is 2. The van der Waals surface area contributed by atoms with E-state index in [9.17, 15) is 24.3 Å². The fourth-order valence-corrected chi connectivity index (χ4v) is 4.11. The van der Waals surface area contributed by atoms with Crippen molar-refractivity contribution in [3.05, 3.63) is 34.2 Å². The van der Waals surface area contributed by atoms with Crippen LogP contribution in [-0.2, 0) is 23.1 Å². The number of hydrogen-bond donors (Lipinski definition) is 2. The number of hydrogen-bond acceptors (Lipinski definition) is 4. The zero-order valence-electron chi connectivity index (χ0n) is 18.5. The molecule has 1 fully saturated rings. The first-order valence-corrected chi connectivity index (χ1v) is 10.5. The number of carboxylic acid groups (broad SMARTS) is 1. The number of amides is 3. The molecule has 0 radical (unpaired) electrons. The molecule has 1 saturated heterocycles. The topological polar surface area (TPSA) is 114 Å². The molecule has 9 heteroatoms. The van der Waals surface area contributed by atoms with Crippen molar-refractivity contribution in [1.82, 2.24) is 19.4 Å². The fraction of sp³-hybridized carbons (Fsp3) is 0.545. The van der Waals surface area contributed by atoms with Gasteiger partial charge in [-0.1, -0.05) is 6.07 Å². The number of rotatable bonds is 6. The molecule has 0 saturated carbocycles. The molecule has 0 spiro atoms. The Morgan fingerprint density at radius 1 is 1.19 bits per heavy atom. The van der Waals surface area contributed by atoms with E-state index in [0.29, 0.717) is 18.5 Å². The second kappa shape index (κ2) is 8.56. The van der Waals surface area contributed by atoms with E-state index >= 15 is 0 Å². The van der Waals surface area contributed by atoms with Gasteiger partial charge >= 0.3 is 11.8 Å². The zero-order valence-corrected chi connectivity index (χ0v) is 18.5. The first-order valence-electron chi connectivity index (χ1n) is 10.5. The highest BCUT2D eigenvalue weighted by atomic mass is 16.4. The van der Waals surface area contributed by atoms with E-state index in [0.717, 1.165) is 30.3 Å². The molecule has 2 heterocycles. The largest absolute Gasteiger partial charge is 0.465 e. The van der Waals surface area contributed by atoms with Crippen molar-refractivity contribution in [2.75, 3.05) is 6.54 Å². The third-order valence-corrected chi connectivity index (χ3v) is 5.81. The lowest BCUT2D eigenvalue weighted by Crippen LogP contribution is -2.45. The summed E-state index contributed by atoms with van der Waals surface area (Å²) in [5.74, 6) is -0.762. The van der Waals surface area contributed by atoms with Gasteiger partial charge in [-0.25, -0.2) is 9.59 Å². The maximum atomic E-state index is 12.8. The molecule has 168 valence electrons. The van der Waals surface area contributed by atoms with Crippen molar-refractivity contribution in [2.24, 2.45) is 7.05 Å². The molecular formula is C22H30N4O5. The van der Waals surface area contributed by atoms with Gasteiger partial charge in [0.15, 0.2) is 0 Å². The Balaban J connectivity index is 1.74. The molecule has 3 amide bonds. The fourth-order valence-electron chi connectivity index (χ4n) is 4.11. The van der Waals surface area contributed by atoms with Crippen LogP contribution in [0.4, 0.5) is 4.79 Å². The van der Waals surface area contributed by atoms with Crippen LogP contribution in [0.5, 0.6) is 0 Å². The van der Waals surface area contributed by atoms with Crippen LogP contribution in [0.2, 0.25) is 0 Å². The molecule has 1 aromatic heterocycles. The van der Waals surface area contributed by atoms with Gasteiger partial charge in [-0.05, 0) is 64.2 Å². The third kappa shape index (κ3) is 4.65. The van der Waals surface area contributed by atoms with Gasteiger partial charge in [-0.2, -0.15) is 0 Å². The summed E-state index contributed by atoms with van der Waals surface area (Å²) in [5.41, 5.74) is 1.71. The summed E-state index contributed by atoms with van der Waals surface area (Å²) >= 11 is 0. The summed E-state index contributed by atoms with van der Waals surface area (Å²) in [5, 5.41) is 11.7. The number of benzene rings is 1. The molecule has 0 aliphatic carbocycles. The van der Waals surface area contributed by atoms with E-state index < -0.39 is 23.6 Å². The quantitative estimate of drug-likeness (QED) is 0.540. The molecule has 31 heavy (non-hydrogen) atoms. The maximum absolute atomic E-state index is 12.8.